The molecule has 2 amide bonds. The average Bonchev–Trinajstić information content (AvgIpc) is 3.51. The Morgan fingerprint density at radius 3 is 2.83 bits per heavy atom. The highest BCUT2D eigenvalue weighted by Crippen LogP contribution is 2.29. The molecule has 2 aromatic heterocycles. The zero-order valence-electron chi connectivity index (χ0n) is 17.6. The van der Waals surface area contributed by atoms with Gasteiger partial charge in [-0.15, -0.1) is 0 Å². The topological polar surface area (TPSA) is 94.6 Å². The van der Waals surface area contributed by atoms with Gasteiger partial charge in [0, 0.05) is 31.0 Å². The first kappa shape index (κ1) is 21.9. The molecule has 0 bridgehead atoms. The van der Waals surface area contributed by atoms with Gasteiger partial charge in [0.25, 0.3) is 5.88 Å². The summed E-state index contributed by atoms with van der Waals surface area (Å²) in [4.78, 5) is 21.4. The number of rotatable bonds is 8. The van der Waals surface area contributed by atoms with E-state index in [4.69, 9.17) is 14.2 Å². The molecule has 0 aliphatic heterocycles. The molecule has 0 radical (unpaired) electrons. The maximum Gasteiger partial charge on any atom is 0.321 e. The first-order valence-electron chi connectivity index (χ1n) is 9.72. The Morgan fingerprint density at radius 1 is 1.33 bits per heavy atom. The van der Waals surface area contributed by atoms with E-state index in [0.717, 1.165) is 17.2 Å². The number of aryl methyl sites for hydroxylation is 1. The molecule has 2 aromatic rings. The summed E-state index contributed by atoms with van der Waals surface area (Å²) in [7, 11) is 3.08. The van der Waals surface area contributed by atoms with Gasteiger partial charge in [-0.2, -0.15) is 0 Å². The average molecular weight is 431 g/mol. The first-order valence-corrected chi connectivity index (χ1v) is 10.5. The number of aromatic nitrogens is 2. The molecule has 9 heteroatoms. The summed E-state index contributed by atoms with van der Waals surface area (Å²) in [5.74, 6) is 7.73. The van der Waals surface area contributed by atoms with Crippen LogP contribution in [0.4, 0.5) is 9.93 Å². The van der Waals surface area contributed by atoms with Gasteiger partial charge in [0.2, 0.25) is 0 Å². The summed E-state index contributed by atoms with van der Waals surface area (Å²) in [5, 5.41) is 6.05. The second-order valence-corrected chi connectivity index (χ2v) is 8.04. The van der Waals surface area contributed by atoms with Crippen LogP contribution in [0, 0.1) is 24.7 Å². The Bertz CT molecular complexity index is 946. The number of hydrogen-bond donors (Lipinski definition) is 2. The van der Waals surface area contributed by atoms with Crippen LogP contribution in [0.2, 0.25) is 0 Å². The lowest BCUT2D eigenvalue weighted by molar-refractivity contribution is 0.0601. The van der Waals surface area contributed by atoms with Crippen LogP contribution in [0.1, 0.15) is 35.9 Å². The van der Waals surface area contributed by atoms with Gasteiger partial charge in [-0.1, -0.05) is 17.3 Å². The Kier molecular flexibility index (Phi) is 7.49. The van der Waals surface area contributed by atoms with Gasteiger partial charge in [0.1, 0.15) is 4.88 Å². The van der Waals surface area contributed by atoms with Crippen molar-refractivity contribution in [3.63, 3.8) is 0 Å². The van der Waals surface area contributed by atoms with Crippen LogP contribution in [-0.2, 0) is 4.74 Å². The molecule has 1 saturated carbocycles. The minimum Gasteiger partial charge on any atom is -0.491 e. The predicted octanol–water partition coefficient (Wildman–Crippen LogP) is 3.20. The number of amides is 2. The Balaban J connectivity index is 1.55. The van der Waals surface area contributed by atoms with E-state index in [2.05, 4.69) is 32.4 Å². The number of methoxy groups -OCH3 is 2. The minimum atomic E-state index is -0.311. The molecule has 160 valence electrons. The van der Waals surface area contributed by atoms with Crippen molar-refractivity contribution in [3.8, 4) is 23.5 Å². The third-order valence-corrected chi connectivity index (χ3v) is 5.42. The van der Waals surface area contributed by atoms with Crippen molar-refractivity contribution in [2.45, 2.75) is 32.8 Å². The SMILES string of the molecule is COc1cc(C#Cc2sc(NC(=O)NCC(C)OCC3CC3)nc2C)cnc1OC. The van der Waals surface area contributed by atoms with Gasteiger partial charge in [0.05, 0.1) is 26.0 Å². The monoisotopic (exact) mass is 430 g/mol. The van der Waals surface area contributed by atoms with Gasteiger partial charge in [0.15, 0.2) is 10.9 Å². The number of carbonyl (C=O) groups is 1. The second kappa shape index (κ2) is 10.3. The molecule has 1 fully saturated rings. The van der Waals surface area contributed by atoms with E-state index in [1.807, 2.05) is 13.8 Å². The quantitative estimate of drug-likeness (QED) is 0.625. The number of nitrogens with one attached hydrogen (secondary N) is 2. The third kappa shape index (κ3) is 6.34. The number of ether oxygens (including phenoxy) is 3. The first-order chi connectivity index (χ1) is 14.5. The highest BCUT2D eigenvalue weighted by molar-refractivity contribution is 7.16. The number of anilines is 1. The Hall–Kier alpha value is -2.83. The molecule has 2 heterocycles. The van der Waals surface area contributed by atoms with Crippen LogP contribution in [0.3, 0.4) is 0 Å². The maximum absolute atomic E-state index is 12.1. The molecule has 0 aromatic carbocycles. The van der Waals surface area contributed by atoms with E-state index in [1.54, 1.807) is 19.4 Å². The number of thiazole rings is 1. The summed E-state index contributed by atoms with van der Waals surface area (Å²) < 4.78 is 16.1. The fraction of sp³-hybridized carbons (Fsp3) is 0.476. The largest absolute Gasteiger partial charge is 0.491 e. The molecule has 2 N–H and O–H groups in total. The van der Waals surface area contributed by atoms with Crippen LogP contribution < -0.4 is 20.1 Å². The van der Waals surface area contributed by atoms with Crippen LogP contribution >= 0.6 is 11.3 Å². The highest BCUT2D eigenvalue weighted by atomic mass is 32.1. The molecular weight excluding hydrogens is 404 g/mol. The van der Waals surface area contributed by atoms with Gasteiger partial charge >= 0.3 is 6.03 Å². The normalized spacial score (nSPS) is 13.7. The van der Waals surface area contributed by atoms with Gasteiger partial charge in [-0.3, -0.25) is 5.32 Å². The van der Waals surface area contributed by atoms with Gasteiger partial charge in [-0.05, 0) is 38.5 Å². The molecule has 8 nitrogen and oxygen atoms in total. The second-order valence-electron chi connectivity index (χ2n) is 7.04. The van der Waals surface area contributed by atoms with Crippen molar-refractivity contribution >= 4 is 22.5 Å². The lowest BCUT2D eigenvalue weighted by Gasteiger charge is -2.13. The van der Waals surface area contributed by atoms with E-state index >= 15 is 0 Å². The number of nitrogens with zero attached hydrogens (tertiary/aromatic N) is 2. The van der Waals surface area contributed by atoms with Crippen LogP contribution in [-0.4, -0.2) is 49.5 Å². The fourth-order valence-corrected chi connectivity index (χ4v) is 3.33. The Morgan fingerprint density at radius 2 is 2.13 bits per heavy atom. The van der Waals surface area contributed by atoms with Crippen molar-refractivity contribution in [3.05, 3.63) is 28.4 Å². The van der Waals surface area contributed by atoms with Crippen molar-refractivity contribution in [1.29, 1.82) is 0 Å². The predicted molar refractivity (Wildman–Crippen MR) is 115 cm³/mol. The van der Waals surface area contributed by atoms with E-state index < -0.39 is 0 Å². The molecule has 1 atom stereocenters. The number of hydrogen-bond acceptors (Lipinski definition) is 7. The minimum absolute atomic E-state index is 0.0223. The fourth-order valence-electron chi connectivity index (χ4n) is 2.52. The van der Waals surface area contributed by atoms with Crippen LogP contribution in [0.15, 0.2) is 12.3 Å². The lowest BCUT2D eigenvalue weighted by atomic mass is 10.2. The molecule has 1 aliphatic rings. The number of urea groups is 1. The molecule has 1 unspecified atom stereocenters. The van der Waals surface area contributed by atoms with Gasteiger partial charge < -0.3 is 19.5 Å². The van der Waals surface area contributed by atoms with Crippen molar-refractivity contribution in [2.75, 3.05) is 32.7 Å². The summed E-state index contributed by atoms with van der Waals surface area (Å²) in [5.41, 5.74) is 1.44. The van der Waals surface area contributed by atoms with Crippen molar-refractivity contribution in [1.82, 2.24) is 15.3 Å². The highest BCUT2D eigenvalue weighted by Gasteiger charge is 2.22. The maximum atomic E-state index is 12.1. The smallest absolute Gasteiger partial charge is 0.321 e. The molecule has 0 spiro atoms. The molecule has 30 heavy (non-hydrogen) atoms. The van der Waals surface area contributed by atoms with Gasteiger partial charge in [-0.25, -0.2) is 14.8 Å². The Labute approximate surface area is 180 Å². The van der Waals surface area contributed by atoms with E-state index in [0.29, 0.717) is 34.8 Å². The van der Waals surface area contributed by atoms with Crippen LogP contribution in [0.5, 0.6) is 11.6 Å². The molecule has 0 saturated heterocycles. The zero-order valence-corrected chi connectivity index (χ0v) is 18.4. The van der Waals surface area contributed by atoms with Crippen molar-refractivity contribution in [2.24, 2.45) is 5.92 Å². The van der Waals surface area contributed by atoms with Crippen molar-refractivity contribution < 1.29 is 19.0 Å². The van der Waals surface area contributed by atoms with E-state index in [9.17, 15) is 4.79 Å². The lowest BCUT2D eigenvalue weighted by Crippen LogP contribution is -2.35. The molecule has 3 rings (SSSR count). The van der Waals surface area contributed by atoms with Crippen LogP contribution in [0.25, 0.3) is 0 Å². The van der Waals surface area contributed by atoms with E-state index in [1.165, 1.54) is 31.3 Å². The standard InChI is InChI=1S/C21H26N4O4S/c1-13(29-12-15-5-6-15)10-23-20(26)25-21-24-14(2)18(30-21)8-7-16-9-17(27-3)19(28-4)22-11-16/h9,11,13,15H,5-6,10,12H2,1-4H3,(H2,23,24,25,26). The summed E-state index contributed by atoms with van der Waals surface area (Å²) in [6.45, 7) is 5.02. The summed E-state index contributed by atoms with van der Waals surface area (Å²) in [6, 6.07) is 1.45. The summed E-state index contributed by atoms with van der Waals surface area (Å²) >= 11 is 1.32. The zero-order chi connectivity index (χ0) is 21.5. The molecule has 1 aliphatic carbocycles. The molecular formula is C21H26N4O4S. The van der Waals surface area contributed by atoms with E-state index in [-0.39, 0.29) is 12.1 Å². The third-order valence-electron chi connectivity index (χ3n) is 4.43. The summed E-state index contributed by atoms with van der Waals surface area (Å²) in [6.07, 6.45) is 4.09. The number of pyridine rings is 1. The number of carbonyl (C=O) groups excluding carboxylic acids is 1.